The zero-order chi connectivity index (χ0) is 24.9. The maximum absolute atomic E-state index is 15.2. The van der Waals surface area contributed by atoms with Gasteiger partial charge in [-0.15, -0.1) is 0 Å². The second-order valence-electron chi connectivity index (χ2n) is 7.98. The first-order valence-electron chi connectivity index (χ1n) is 10.4. The molecule has 5 aromatic rings. The van der Waals surface area contributed by atoms with Gasteiger partial charge in [0, 0.05) is 11.6 Å². The predicted molar refractivity (Wildman–Crippen MR) is 116 cm³/mol. The van der Waals surface area contributed by atoms with E-state index in [1.54, 1.807) is 0 Å². The number of nitrogens with one attached hydrogen (secondary N) is 1. The molecule has 1 nitrogen and oxygen atoms in total. The lowest BCUT2D eigenvalue weighted by Gasteiger charge is -2.36. The predicted octanol–water partition coefficient (Wildman–Crippen LogP) is 7.52. The minimum Gasteiger partial charge on any atom is -0.358 e. The Hall–Kier alpha value is -4.07. The Morgan fingerprint density at radius 3 is 1.23 bits per heavy atom. The minimum atomic E-state index is -2.01. The van der Waals surface area contributed by atoms with Crippen molar-refractivity contribution in [3.05, 3.63) is 142 Å². The van der Waals surface area contributed by atoms with E-state index in [2.05, 4.69) is 4.98 Å². The molecule has 1 aromatic heterocycles. The Morgan fingerprint density at radius 1 is 0.457 bits per heavy atom. The van der Waals surface area contributed by atoms with Crippen LogP contribution in [0.1, 0.15) is 22.3 Å². The summed E-state index contributed by atoms with van der Waals surface area (Å²) in [4.78, 5) is 2.47. The quantitative estimate of drug-likeness (QED) is 0.117. The monoisotopic (exact) mass is 485 g/mol. The fourth-order valence-corrected chi connectivity index (χ4v) is 4.60. The number of benzene rings is 4. The van der Waals surface area contributed by atoms with Crippen LogP contribution in [-0.4, -0.2) is 4.98 Å². The van der Waals surface area contributed by atoms with Crippen LogP contribution in [0.4, 0.5) is 30.7 Å². The zero-order valence-corrected chi connectivity index (χ0v) is 17.7. The summed E-state index contributed by atoms with van der Waals surface area (Å²) >= 11 is 0. The highest BCUT2D eigenvalue weighted by molar-refractivity contribution is 5.88. The molecule has 0 unspecified atom stereocenters. The smallest absolute Gasteiger partial charge is 0.199 e. The van der Waals surface area contributed by atoms with Crippen LogP contribution in [0, 0.1) is 40.7 Å². The normalized spacial score (nSPS) is 11.9. The van der Waals surface area contributed by atoms with Gasteiger partial charge in [-0.1, -0.05) is 36.4 Å². The van der Waals surface area contributed by atoms with Crippen LogP contribution in [0.5, 0.6) is 0 Å². The van der Waals surface area contributed by atoms with Gasteiger partial charge >= 0.3 is 0 Å². The van der Waals surface area contributed by atoms with Crippen LogP contribution in [0.2, 0.25) is 0 Å². The first-order chi connectivity index (χ1) is 16.7. The highest BCUT2D eigenvalue weighted by atomic mass is 19.2. The summed E-state index contributed by atoms with van der Waals surface area (Å²) < 4.78 is 99.9. The van der Waals surface area contributed by atoms with Crippen molar-refractivity contribution in [3.8, 4) is 0 Å². The number of rotatable bonds is 4. The van der Waals surface area contributed by atoms with Crippen LogP contribution >= 0.6 is 0 Å². The van der Waals surface area contributed by atoms with Crippen molar-refractivity contribution in [3.63, 3.8) is 0 Å². The van der Waals surface area contributed by atoms with Crippen molar-refractivity contribution in [1.82, 2.24) is 4.98 Å². The van der Waals surface area contributed by atoms with E-state index in [1.165, 1.54) is 42.6 Å². The zero-order valence-electron chi connectivity index (χ0n) is 17.7. The second kappa shape index (κ2) is 8.30. The average Bonchev–Trinajstić information content (AvgIpc) is 3.30. The van der Waals surface area contributed by atoms with Crippen LogP contribution in [-0.2, 0) is 5.41 Å². The number of H-pyrrole nitrogens is 1. The summed E-state index contributed by atoms with van der Waals surface area (Å²) in [6.45, 7) is 0. The molecular weight excluding hydrogens is 471 g/mol. The molecule has 0 saturated heterocycles. The van der Waals surface area contributed by atoms with E-state index >= 15 is 4.39 Å². The molecule has 0 saturated carbocycles. The van der Waals surface area contributed by atoms with Crippen molar-refractivity contribution in [2.75, 3.05) is 0 Å². The van der Waals surface area contributed by atoms with Crippen LogP contribution in [0.15, 0.2) is 79.0 Å². The van der Waals surface area contributed by atoms with Gasteiger partial charge in [0.25, 0.3) is 0 Å². The van der Waals surface area contributed by atoms with Gasteiger partial charge in [0.2, 0.25) is 0 Å². The third kappa shape index (κ3) is 3.39. The molecule has 0 fully saturated rings. The lowest BCUT2D eigenvalue weighted by atomic mass is 9.65. The average molecular weight is 485 g/mol. The van der Waals surface area contributed by atoms with Gasteiger partial charge in [-0.05, 0) is 58.7 Å². The minimum absolute atomic E-state index is 0.0763. The molecule has 0 atom stereocenters. The van der Waals surface area contributed by atoms with Gasteiger partial charge in [-0.25, -0.2) is 30.7 Å². The Morgan fingerprint density at radius 2 is 0.829 bits per heavy atom. The lowest BCUT2D eigenvalue weighted by Crippen LogP contribution is -2.31. The molecule has 1 heterocycles. The third-order valence-electron chi connectivity index (χ3n) is 6.13. The van der Waals surface area contributed by atoms with E-state index in [0.29, 0.717) is 16.7 Å². The van der Waals surface area contributed by atoms with Crippen LogP contribution in [0.3, 0.4) is 0 Å². The van der Waals surface area contributed by atoms with Gasteiger partial charge in [-0.3, -0.25) is 0 Å². The van der Waals surface area contributed by atoms with Crippen LogP contribution in [0.25, 0.3) is 10.9 Å². The van der Waals surface area contributed by atoms with Crippen molar-refractivity contribution in [2.45, 2.75) is 5.41 Å². The fraction of sp³-hybridized carbons (Fsp3) is 0.0370. The molecule has 0 aliphatic heterocycles. The molecule has 1 N–H and O–H groups in total. The molecule has 0 amide bonds. The Kier molecular flexibility index (Phi) is 5.39. The maximum atomic E-state index is 15.2. The Balaban J connectivity index is 2.01. The van der Waals surface area contributed by atoms with Gasteiger partial charge in [-0.2, -0.15) is 0 Å². The van der Waals surface area contributed by atoms with Gasteiger partial charge < -0.3 is 4.98 Å². The Labute approximate surface area is 194 Å². The number of aromatic amines is 1. The first-order valence-corrected chi connectivity index (χ1v) is 10.4. The van der Waals surface area contributed by atoms with E-state index in [1.807, 2.05) is 0 Å². The second-order valence-corrected chi connectivity index (χ2v) is 7.98. The van der Waals surface area contributed by atoms with Gasteiger partial charge in [0.15, 0.2) is 23.3 Å². The SMILES string of the molecule is Fc1ccc(C(c2ccc(F)cc2)(c2ccc(F)cc2)c2c[nH]c3c(F)c(F)c(F)c(F)c23)cc1. The first kappa shape index (κ1) is 22.7. The van der Waals surface area contributed by atoms with Crippen molar-refractivity contribution in [1.29, 1.82) is 0 Å². The molecule has 35 heavy (non-hydrogen) atoms. The summed E-state index contributed by atoms with van der Waals surface area (Å²) in [5, 5.41) is -0.598. The topological polar surface area (TPSA) is 15.8 Å². The molecule has 8 heteroatoms. The number of halogens is 7. The van der Waals surface area contributed by atoms with Crippen molar-refractivity contribution >= 4 is 10.9 Å². The number of aromatic nitrogens is 1. The van der Waals surface area contributed by atoms with E-state index in [0.717, 1.165) is 36.4 Å². The fourth-order valence-electron chi connectivity index (χ4n) is 4.60. The lowest BCUT2D eigenvalue weighted by molar-refractivity contribution is 0.417. The molecular formula is C27H14F7N. The molecule has 0 aliphatic carbocycles. The Bertz CT molecular complexity index is 1430. The molecule has 0 aliphatic rings. The molecule has 176 valence electrons. The van der Waals surface area contributed by atoms with E-state index in [4.69, 9.17) is 0 Å². The summed E-state index contributed by atoms with van der Waals surface area (Å²) in [5.74, 6) is -9.05. The molecule has 4 aromatic carbocycles. The molecule has 0 spiro atoms. The third-order valence-corrected chi connectivity index (χ3v) is 6.13. The number of fused-ring (bicyclic) bond motifs is 1. The summed E-state index contributed by atoms with van der Waals surface area (Å²) in [6.07, 6.45) is 1.17. The highest BCUT2D eigenvalue weighted by Crippen LogP contribution is 2.48. The summed E-state index contributed by atoms with van der Waals surface area (Å²) in [5.41, 5.74) is -1.47. The van der Waals surface area contributed by atoms with E-state index in [9.17, 15) is 26.3 Å². The highest BCUT2D eigenvalue weighted by Gasteiger charge is 2.42. The number of hydrogen-bond acceptors (Lipinski definition) is 0. The molecule has 0 bridgehead atoms. The van der Waals surface area contributed by atoms with Crippen molar-refractivity contribution in [2.24, 2.45) is 0 Å². The van der Waals surface area contributed by atoms with Gasteiger partial charge in [0.1, 0.15) is 17.5 Å². The summed E-state index contributed by atoms with van der Waals surface area (Å²) in [6, 6.07) is 15.0. The number of hydrogen-bond donors (Lipinski definition) is 1. The maximum Gasteiger partial charge on any atom is 0.199 e. The standard InChI is InChI=1S/C27H14F7N/c28-17-7-1-14(2-8-17)27(15-3-9-18(29)10-4-15,16-5-11-19(30)12-6-16)20-13-35-26-21(20)22(31)23(32)24(33)25(26)34/h1-13,35H. The van der Waals surface area contributed by atoms with Crippen LogP contribution < -0.4 is 0 Å². The van der Waals surface area contributed by atoms with Gasteiger partial charge in [0.05, 0.1) is 10.9 Å². The van der Waals surface area contributed by atoms with E-state index < -0.39 is 57.0 Å². The van der Waals surface area contributed by atoms with Crippen molar-refractivity contribution < 1.29 is 30.7 Å². The van der Waals surface area contributed by atoms with E-state index in [-0.39, 0.29) is 5.56 Å². The summed E-state index contributed by atoms with van der Waals surface area (Å²) in [7, 11) is 0. The molecule has 0 radical (unpaired) electrons. The largest absolute Gasteiger partial charge is 0.358 e. The molecule has 5 rings (SSSR count).